The minimum Gasteiger partial charge on any atom is -0.493 e. The second kappa shape index (κ2) is 7.44. The third-order valence-electron chi connectivity index (χ3n) is 4.28. The molecule has 0 bridgehead atoms. The Morgan fingerprint density at radius 2 is 1.85 bits per heavy atom. The van der Waals surface area contributed by atoms with Crippen molar-refractivity contribution in [1.29, 1.82) is 0 Å². The van der Waals surface area contributed by atoms with Gasteiger partial charge in [-0.2, -0.15) is 0 Å². The zero-order chi connectivity index (χ0) is 14.4. The van der Waals surface area contributed by atoms with Crippen molar-refractivity contribution >= 4 is 5.78 Å². The van der Waals surface area contributed by atoms with E-state index in [9.17, 15) is 4.79 Å². The Morgan fingerprint density at radius 1 is 1.20 bits per heavy atom. The van der Waals surface area contributed by atoms with Crippen molar-refractivity contribution in [2.24, 2.45) is 11.8 Å². The van der Waals surface area contributed by atoms with Crippen LogP contribution in [0.5, 0.6) is 5.75 Å². The maximum absolute atomic E-state index is 11.4. The molecule has 0 aliphatic heterocycles. The molecular weight excluding hydrogens is 252 g/mol. The summed E-state index contributed by atoms with van der Waals surface area (Å²) in [6, 6.07) is 8.26. The van der Waals surface area contributed by atoms with Gasteiger partial charge in [0.2, 0.25) is 0 Å². The Kier molecular flexibility index (Phi) is 5.60. The highest BCUT2D eigenvalue weighted by atomic mass is 16.5. The highest BCUT2D eigenvalue weighted by Gasteiger charge is 2.25. The molecule has 0 aromatic heterocycles. The van der Waals surface area contributed by atoms with Crippen molar-refractivity contribution in [3.8, 4) is 5.75 Å². The van der Waals surface area contributed by atoms with Gasteiger partial charge in [-0.1, -0.05) is 19.1 Å². The van der Waals surface area contributed by atoms with E-state index in [4.69, 9.17) is 9.84 Å². The number of ether oxygens (including phenoxy) is 1. The molecule has 1 aromatic rings. The fourth-order valence-electron chi connectivity index (χ4n) is 2.82. The van der Waals surface area contributed by atoms with Gasteiger partial charge >= 0.3 is 0 Å². The number of rotatable bonds is 6. The normalized spacial score (nSPS) is 22.5. The van der Waals surface area contributed by atoms with Crippen LogP contribution in [0.4, 0.5) is 0 Å². The van der Waals surface area contributed by atoms with Gasteiger partial charge in [-0.15, -0.1) is 0 Å². The average molecular weight is 276 g/mol. The monoisotopic (exact) mass is 276 g/mol. The lowest BCUT2D eigenvalue weighted by molar-refractivity contribution is -0.126. The van der Waals surface area contributed by atoms with Crippen LogP contribution in [-0.4, -0.2) is 24.1 Å². The topological polar surface area (TPSA) is 46.5 Å². The molecule has 1 saturated carbocycles. The summed E-state index contributed by atoms with van der Waals surface area (Å²) in [4.78, 5) is 11.4. The summed E-state index contributed by atoms with van der Waals surface area (Å²) >= 11 is 0. The third-order valence-corrected chi connectivity index (χ3v) is 4.28. The second-order valence-electron chi connectivity index (χ2n) is 5.65. The van der Waals surface area contributed by atoms with E-state index in [0.717, 1.165) is 44.5 Å². The number of ketones is 1. The predicted molar refractivity (Wildman–Crippen MR) is 78.9 cm³/mol. The molecule has 3 heteroatoms. The quantitative estimate of drug-likeness (QED) is 0.869. The van der Waals surface area contributed by atoms with Crippen molar-refractivity contribution in [2.45, 2.75) is 39.0 Å². The molecule has 0 radical (unpaired) electrons. The highest BCUT2D eigenvalue weighted by molar-refractivity contribution is 5.81. The van der Waals surface area contributed by atoms with Crippen molar-refractivity contribution in [3.63, 3.8) is 0 Å². The number of carbonyl (C=O) groups excluding carboxylic acids is 1. The first-order valence-electron chi connectivity index (χ1n) is 7.58. The number of aliphatic hydroxyl groups is 1. The van der Waals surface area contributed by atoms with Gasteiger partial charge in [0.1, 0.15) is 12.4 Å². The van der Waals surface area contributed by atoms with Gasteiger partial charge in [0, 0.05) is 5.92 Å². The van der Waals surface area contributed by atoms with Crippen LogP contribution in [0.3, 0.4) is 0 Å². The van der Waals surface area contributed by atoms with E-state index in [0.29, 0.717) is 5.92 Å². The number of aliphatic hydroxyl groups excluding tert-OH is 1. The van der Waals surface area contributed by atoms with Crippen molar-refractivity contribution < 1.29 is 14.6 Å². The summed E-state index contributed by atoms with van der Waals surface area (Å²) in [6.07, 6.45) is 4.86. The van der Waals surface area contributed by atoms with Crippen molar-refractivity contribution in [3.05, 3.63) is 29.8 Å². The van der Waals surface area contributed by atoms with E-state index in [1.165, 1.54) is 5.56 Å². The molecule has 0 amide bonds. The van der Waals surface area contributed by atoms with E-state index in [1.807, 2.05) is 12.1 Å². The van der Waals surface area contributed by atoms with Crippen LogP contribution in [0.1, 0.15) is 38.2 Å². The SMILES string of the molecule is CCc1ccc(OCC2CCC(C(=O)CO)CC2)cc1. The van der Waals surface area contributed by atoms with Gasteiger partial charge in [-0.3, -0.25) is 4.79 Å². The number of carbonyl (C=O) groups is 1. The Hall–Kier alpha value is -1.35. The molecule has 1 aromatic carbocycles. The molecule has 1 aliphatic carbocycles. The maximum Gasteiger partial charge on any atom is 0.161 e. The molecule has 2 rings (SSSR count). The minimum absolute atomic E-state index is 0.000442. The number of hydrogen-bond donors (Lipinski definition) is 1. The zero-order valence-electron chi connectivity index (χ0n) is 12.2. The molecule has 0 spiro atoms. The van der Waals surface area contributed by atoms with Gasteiger partial charge in [0.05, 0.1) is 6.61 Å². The fraction of sp³-hybridized carbons (Fsp3) is 0.588. The maximum atomic E-state index is 11.4. The molecule has 0 unspecified atom stereocenters. The van der Waals surface area contributed by atoms with Gasteiger partial charge in [0.25, 0.3) is 0 Å². The van der Waals surface area contributed by atoms with Crippen LogP contribution in [0.25, 0.3) is 0 Å². The number of Topliss-reactive ketones (excluding diaryl/α,β-unsaturated/α-hetero) is 1. The predicted octanol–water partition coefficient (Wildman–Crippen LogP) is 3.00. The molecule has 3 nitrogen and oxygen atoms in total. The fourth-order valence-corrected chi connectivity index (χ4v) is 2.82. The van der Waals surface area contributed by atoms with Crippen LogP contribution in [0.2, 0.25) is 0 Å². The lowest BCUT2D eigenvalue weighted by Crippen LogP contribution is -2.26. The summed E-state index contributed by atoms with van der Waals surface area (Å²) in [5, 5.41) is 8.87. The zero-order valence-corrected chi connectivity index (χ0v) is 12.2. The first kappa shape index (κ1) is 15.0. The molecule has 0 saturated heterocycles. The van der Waals surface area contributed by atoms with Crippen LogP contribution < -0.4 is 4.74 Å². The van der Waals surface area contributed by atoms with Crippen LogP contribution in [0, 0.1) is 11.8 Å². The molecule has 0 atom stereocenters. The van der Waals surface area contributed by atoms with E-state index in [-0.39, 0.29) is 18.3 Å². The number of benzene rings is 1. The average Bonchev–Trinajstić information content (AvgIpc) is 2.53. The molecule has 1 aliphatic rings. The van der Waals surface area contributed by atoms with Crippen molar-refractivity contribution in [1.82, 2.24) is 0 Å². The Balaban J connectivity index is 1.74. The lowest BCUT2D eigenvalue weighted by atomic mass is 9.80. The van der Waals surface area contributed by atoms with Gasteiger partial charge in [0.15, 0.2) is 5.78 Å². The summed E-state index contributed by atoms with van der Waals surface area (Å²) in [6.45, 7) is 2.56. The summed E-state index contributed by atoms with van der Waals surface area (Å²) in [7, 11) is 0. The first-order valence-corrected chi connectivity index (χ1v) is 7.58. The summed E-state index contributed by atoms with van der Waals surface area (Å²) < 4.78 is 5.83. The van der Waals surface area contributed by atoms with Crippen LogP contribution in [-0.2, 0) is 11.2 Å². The Labute approximate surface area is 121 Å². The van der Waals surface area contributed by atoms with Crippen LogP contribution in [0.15, 0.2) is 24.3 Å². The lowest BCUT2D eigenvalue weighted by Gasteiger charge is -2.27. The molecule has 0 heterocycles. The van der Waals surface area contributed by atoms with Crippen LogP contribution >= 0.6 is 0 Å². The molecular formula is C17H24O3. The minimum atomic E-state index is -0.310. The van der Waals surface area contributed by atoms with E-state index in [2.05, 4.69) is 19.1 Å². The Morgan fingerprint density at radius 3 is 2.40 bits per heavy atom. The standard InChI is InChI=1S/C17H24O3/c1-2-13-5-9-16(10-6-13)20-12-14-3-7-15(8-4-14)17(19)11-18/h5-6,9-10,14-15,18H,2-4,7-8,11-12H2,1H3. The van der Waals surface area contributed by atoms with E-state index >= 15 is 0 Å². The largest absolute Gasteiger partial charge is 0.493 e. The van der Waals surface area contributed by atoms with Crippen molar-refractivity contribution in [2.75, 3.05) is 13.2 Å². The summed E-state index contributed by atoms with van der Waals surface area (Å²) in [5.74, 6) is 1.53. The number of aryl methyl sites for hydroxylation is 1. The van der Waals surface area contributed by atoms with E-state index < -0.39 is 0 Å². The second-order valence-corrected chi connectivity index (χ2v) is 5.65. The smallest absolute Gasteiger partial charge is 0.161 e. The van der Waals surface area contributed by atoms with E-state index in [1.54, 1.807) is 0 Å². The summed E-state index contributed by atoms with van der Waals surface area (Å²) in [5.41, 5.74) is 1.32. The van der Waals surface area contributed by atoms with Gasteiger partial charge in [-0.25, -0.2) is 0 Å². The third kappa shape index (κ3) is 4.07. The highest BCUT2D eigenvalue weighted by Crippen LogP contribution is 2.29. The molecule has 1 fully saturated rings. The van der Waals surface area contributed by atoms with Gasteiger partial charge < -0.3 is 9.84 Å². The first-order chi connectivity index (χ1) is 9.72. The molecule has 20 heavy (non-hydrogen) atoms. The van der Waals surface area contributed by atoms with Gasteiger partial charge in [-0.05, 0) is 55.7 Å². The Bertz CT molecular complexity index is 416. The number of hydrogen-bond acceptors (Lipinski definition) is 3. The molecule has 110 valence electrons. The molecule has 1 N–H and O–H groups in total.